The smallest absolute Gasteiger partial charge is 0.144 e. The summed E-state index contributed by atoms with van der Waals surface area (Å²) >= 11 is 1.81. The van der Waals surface area contributed by atoms with Gasteiger partial charge in [0.2, 0.25) is 0 Å². The molecule has 21 heavy (non-hydrogen) atoms. The van der Waals surface area contributed by atoms with E-state index >= 15 is 0 Å². The second-order valence-electron chi connectivity index (χ2n) is 6.94. The average Bonchev–Trinajstić information content (AvgIpc) is 2.94. The van der Waals surface area contributed by atoms with Crippen molar-refractivity contribution in [2.75, 3.05) is 0 Å². The second-order valence-corrected chi connectivity index (χ2v) is 7.89. The number of rotatable bonds is 4. The summed E-state index contributed by atoms with van der Waals surface area (Å²) in [7, 11) is 0. The van der Waals surface area contributed by atoms with Crippen molar-refractivity contribution in [3.63, 3.8) is 0 Å². The first-order valence-corrected chi connectivity index (χ1v) is 8.61. The van der Waals surface area contributed by atoms with E-state index in [4.69, 9.17) is 0 Å². The lowest BCUT2D eigenvalue weighted by Crippen LogP contribution is -2.25. The minimum absolute atomic E-state index is 0.0667. The number of thiophene rings is 1. The van der Waals surface area contributed by atoms with Gasteiger partial charge in [0.1, 0.15) is 11.6 Å². The molecule has 0 aliphatic heterocycles. The molecule has 4 rings (SSSR count). The molecule has 2 aromatic rings. The first-order valence-electron chi connectivity index (χ1n) is 7.73. The molecule has 0 N–H and O–H groups in total. The Labute approximate surface area is 129 Å². The van der Waals surface area contributed by atoms with Crippen LogP contribution in [-0.4, -0.2) is 14.8 Å². The molecule has 3 nitrogen and oxygen atoms in total. The predicted molar refractivity (Wildman–Crippen MR) is 85.9 cm³/mol. The van der Waals surface area contributed by atoms with Crippen LogP contribution in [0.2, 0.25) is 0 Å². The minimum atomic E-state index is -0.0667. The predicted octanol–water partition coefficient (Wildman–Crippen LogP) is 4.43. The van der Waals surface area contributed by atoms with Crippen LogP contribution < -0.4 is 0 Å². The van der Waals surface area contributed by atoms with E-state index in [0.29, 0.717) is 12.0 Å². The van der Waals surface area contributed by atoms with Crippen molar-refractivity contribution in [3.05, 3.63) is 46.2 Å². The fourth-order valence-electron chi connectivity index (χ4n) is 3.26. The van der Waals surface area contributed by atoms with E-state index < -0.39 is 0 Å². The highest BCUT2D eigenvalue weighted by atomic mass is 32.1. The Morgan fingerprint density at radius 2 is 2.05 bits per heavy atom. The Bertz CT molecular complexity index is 669. The highest BCUT2D eigenvalue weighted by molar-refractivity contribution is 7.10. The molecule has 0 amide bonds. The Morgan fingerprint density at radius 1 is 1.29 bits per heavy atom. The lowest BCUT2D eigenvalue weighted by Gasteiger charge is -2.29. The van der Waals surface area contributed by atoms with Crippen LogP contribution in [0.25, 0.3) is 0 Å². The third-order valence-corrected chi connectivity index (χ3v) is 5.96. The highest BCUT2D eigenvalue weighted by Gasteiger charge is 2.40. The highest BCUT2D eigenvalue weighted by Crippen LogP contribution is 2.46. The maximum absolute atomic E-state index is 4.62. The molecule has 0 aromatic carbocycles. The maximum Gasteiger partial charge on any atom is 0.144 e. The minimum Gasteiger partial charge on any atom is -0.311 e. The van der Waals surface area contributed by atoms with Crippen LogP contribution >= 0.6 is 11.3 Å². The van der Waals surface area contributed by atoms with Gasteiger partial charge >= 0.3 is 0 Å². The van der Waals surface area contributed by atoms with Gasteiger partial charge in [0, 0.05) is 16.8 Å². The molecule has 110 valence electrons. The number of allylic oxidation sites excluding steroid dienone is 1. The van der Waals surface area contributed by atoms with E-state index in [0.717, 1.165) is 18.7 Å². The molecule has 2 aromatic heterocycles. The van der Waals surface area contributed by atoms with E-state index in [-0.39, 0.29) is 5.41 Å². The van der Waals surface area contributed by atoms with Gasteiger partial charge in [-0.3, -0.25) is 0 Å². The molecule has 4 heteroatoms. The summed E-state index contributed by atoms with van der Waals surface area (Å²) in [6, 6.07) is 4.95. The summed E-state index contributed by atoms with van der Waals surface area (Å²) in [4.78, 5) is 1.36. The fraction of sp³-hybridized carbons (Fsp3) is 0.529. The van der Waals surface area contributed by atoms with E-state index in [1.807, 2.05) is 11.3 Å². The van der Waals surface area contributed by atoms with Gasteiger partial charge in [-0.15, -0.1) is 21.5 Å². The van der Waals surface area contributed by atoms with Crippen LogP contribution in [0.5, 0.6) is 0 Å². The Morgan fingerprint density at radius 3 is 2.62 bits per heavy atom. The summed E-state index contributed by atoms with van der Waals surface area (Å²) in [6.45, 7) is 8.60. The molecular weight excluding hydrogens is 278 g/mol. The summed E-state index contributed by atoms with van der Waals surface area (Å²) in [6.07, 6.45) is 4.72. The molecular formula is C17H21N3S. The second kappa shape index (κ2) is 4.54. The normalized spacial score (nSPS) is 19.8. The van der Waals surface area contributed by atoms with Crippen LogP contribution in [0.4, 0.5) is 0 Å². The van der Waals surface area contributed by atoms with Crippen molar-refractivity contribution in [2.24, 2.45) is 0 Å². The Balaban J connectivity index is 1.77. The van der Waals surface area contributed by atoms with Crippen molar-refractivity contribution in [1.82, 2.24) is 14.8 Å². The lowest BCUT2D eigenvalue weighted by atomic mass is 9.80. The molecule has 2 saturated carbocycles. The van der Waals surface area contributed by atoms with Crippen molar-refractivity contribution >= 4 is 11.3 Å². The van der Waals surface area contributed by atoms with Gasteiger partial charge < -0.3 is 4.57 Å². The molecule has 0 bridgehead atoms. The maximum atomic E-state index is 4.62. The third kappa shape index (κ3) is 2.08. The number of hydrogen-bond acceptors (Lipinski definition) is 3. The van der Waals surface area contributed by atoms with Crippen LogP contribution in [0.3, 0.4) is 0 Å². The SMILES string of the molecule is C=C1CC(c2nnc(C(C)(C)c3cccs3)n2C2CC2)C1. The molecule has 2 heterocycles. The third-order valence-electron chi connectivity index (χ3n) is 4.77. The van der Waals surface area contributed by atoms with Crippen molar-refractivity contribution < 1.29 is 0 Å². The molecule has 0 spiro atoms. The van der Waals surface area contributed by atoms with Gasteiger partial charge in [-0.05, 0) is 51.0 Å². The van der Waals surface area contributed by atoms with Crippen molar-refractivity contribution in [3.8, 4) is 0 Å². The molecule has 0 unspecified atom stereocenters. The van der Waals surface area contributed by atoms with Crippen LogP contribution in [0.1, 0.15) is 68.0 Å². The lowest BCUT2D eigenvalue weighted by molar-refractivity contribution is 0.471. The topological polar surface area (TPSA) is 30.7 Å². The van der Waals surface area contributed by atoms with Gasteiger partial charge in [0.05, 0.1) is 5.41 Å². The van der Waals surface area contributed by atoms with Gasteiger partial charge in [0.15, 0.2) is 0 Å². The summed E-state index contributed by atoms with van der Waals surface area (Å²) in [5.41, 5.74) is 1.28. The number of hydrogen-bond donors (Lipinski definition) is 0. The fourth-order valence-corrected chi connectivity index (χ4v) is 4.11. The first kappa shape index (κ1) is 13.3. The van der Waals surface area contributed by atoms with Crippen LogP contribution in [0.15, 0.2) is 29.7 Å². The molecule has 2 fully saturated rings. The average molecular weight is 299 g/mol. The Hall–Kier alpha value is -1.42. The molecule has 2 aliphatic rings. The summed E-state index contributed by atoms with van der Waals surface area (Å²) < 4.78 is 2.46. The van der Waals surface area contributed by atoms with E-state index in [1.54, 1.807) is 0 Å². The van der Waals surface area contributed by atoms with Gasteiger partial charge in [0.25, 0.3) is 0 Å². The zero-order valence-electron chi connectivity index (χ0n) is 12.7. The molecule has 0 radical (unpaired) electrons. The first-order chi connectivity index (χ1) is 10.1. The van der Waals surface area contributed by atoms with Gasteiger partial charge in [-0.1, -0.05) is 18.2 Å². The number of nitrogens with zero attached hydrogens (tertiary/aromatic N) is 3. The summed E-state index contributed by atoms with van der Waals surface area (Å²) in [5, 5.41) is 11.4. The molecule has 0 saturated heterocycles. The monoisotopic (exact) mass is 299 g/mol. The molecule has 2 aliphatic carbocycles. The standard InChI is InChI=1S/C17H21N3S/c1-11-9-12(10-11)15-18-19-16(20(15)13-6-7-13)17(2,3)14-5-4-8-21-14/h4-5,8,12-13H,1,6-7,9-10H2,2-3H3. The molecule has 0 atom stereocenters. The summed E-state index contributed by atoms with van der Waals surface area (Å²) in [5.74, 6) is 2.88. The van der Waals surface area contributed by atoms with Gasteiger partial charge in [-0.2, -0.15) is 0 Å². The van der Waals surface area contributed by atoms with Crippen LogP contribution in [-0.2, 0) is 5.41 Å². The quantitative estimate of drug-likeness (QED) is 0.782. The zero-order valence-corrected chi connectivity index (χ0v) is 13.5. The Kier molecular flexibility index (Phi) is 2.86. The number of aromatic nitrogens is 3. The van der Waals surface area contributed by atoms with E-state index in [1.165, 1.54) is 29.1 Å². The largest absolute Gasteiger partial charge is 0.311 e. The van der Waals surface area contributed by atoms with E-state index in [2.05, 4.69) is 52.7 Å². The van der Waals surface area contributed by atoms with Crippen LogP contribution in [0, 0.1) is 0 Å². The zero-order chi connectivity index (χ0) is 14.6. The van der Waals surface area contributed by atoms with Gasteiger partial charge in [-0.25, -0.2) is 0 Å². The van der Waals surface area contributed by atoms with Crippen molar-refractivity contribution in [1.29, 1.82) is 0 Å². The van der Waals surface area contributed by atoms with Crippen molar-refractivity contribution in [2.45, 2.75) is 56.9 Å². The van der Waals surface area contributed by atoms with E-state index in [9.17, 15) is 0 Å².